The molecule has 0 aromatic heterocycles. The third kappa shape index (κ3) is 4.59. The van der Waals surface area contributed by atoms with Gasteiger partial charge >= 0.3 is 0 Å². The summed E-state index contributed by atoms with van der Waals surface area (Å²) in [5.74, 6) is 0.131. The average Bonchev–Trinajstić information content (AvgIpc) is 2.52. The van der Waals surface area contributed by atoms with Crippen LogP contribution in [0.25, 0.3) is 0 Å². The first-order valence-electron chi connectivity index (χ1n) is 8.97. The molecule has 1 atom stereocenters. The second kappa shape index (κ2) is 7.64. The maximum atomic E-state index is 12.2. The summed E-state index contributed by atoms with van der Waals surface area (Å²) in [7, 11) is 0. The van der Waals surface area contributed by atoms with Crippen molar-refractivity contribution < 1.29 is 18.8 Å². The van der Waals surface area contributed by atoms with Crippen LogP contribution >= 0.6 is 0 Å². The van der Waals surface area contributed by atoms with E-state index in [2.05, 4.69) is 0 Å². The fourth-order valence-corrected chi connectivity index (χ4v) is 3.94. The van der Waals surface area contributed by atoms with Crippen LogP contribution in [0.2, 0.25) is 0 Å². The fourth-order valence-electron chi connectivity index (χ4n) is 3.34. The Balaban J connectivity index is 2.75. The van der Waals surface area contributed by atoms with E-state index in [-0.39, 0.29) is 22.8 Å². The van der Waals surface area contributed by atoms with Gasteiger partial charge in [0.05, 0.1) is 9.82 Å². The number of hydrogen-bond donors (Lipinski definition) is 2. The van der Waals surface area contributed by atoms with Crippen LogP contribution in [-0.2, 0) is 28.3 Å². The zero-order chi connectivity index (χ0) is 21.4. The summed E-state index contributed by atoms with van der Waals surface area (Å²) in [6, 6.07) is 7.67. The van der Waals surface area contributed by atoms with Crippen molar-refractivity contribution >= 4 is 16.8 Å². The highest BCUT2D eigenvalue weighted by Gasteiger charge is 2.31. The third-order valence-electron chi connectivity index (χ3n) is 4.64. The number of nitrogens with zero attached hydrogens (tertiary/aromatic N) is 1. The fraction of sp³-hybridized carbons (Fsp3) is 0.429. The van der Waals surface area contributed by atoms with Gasteiger partial charge in [0.15, 0.2) is 11.1 Å². The lowest BCUT2D eigenvalue weighted by molar-refractivity contribution is -0.384. The Morgan fingerprint density at radius 3 is 1.96 bits per heavy atom. The second-order valence-electron chi connectivity index (χ2n) is 8.97. The molecule has 2 rings (SSSR count). The number of phenols is 1. The quantitative estimate of drug-likeness (QED) is 0.420. The molecule has 0 aliphatic heterocycles. The van der Waals surface area contributed by atoms with E-state index >= 15 is 0 Å². The summed E-state index contributed by atoms with van der Waals surface area (Å²) >= 11 is -2.24. The summed E-state index contributed by atoms with van der Waals surface area (Å²) in [5.41, 5.74) is 1.66. The van der Waals surface area contributed by atoms with Crippen molar-refractivity contribution in [3.8, 4) is 5.75 Å². The number of nitro groups is 1. The summed E-state index contributed by atoms with van der Waals surface area (Å²) in [5, 5.41) is 21.9. The summed E-state index contributed by atoms with van der Waals surface area (Å²) in [4.78, 5) is 10.7. The lowest BCUT2D eigenvalue weighted by Crippen LogP contribution is -2.21. The number of phenolic OH excluding ortho intramolecular Hbond substituents is 1. The minimum atomic E-state index is -2.24. The summed E-state index contributed by atoms with van der Waals surface area (Å²) in [6.45, 7) is 11.6. The highest BCUT2D eigenvalue weighted by Crippen LogP contribution is 2.44. The molecular formula is C21H27NO5S. The zero-order valence-electron chi connectivity index (χ0n) is 17.1. The third-order valence-corrected chi connectivity index (χ3v) is 5.38. The predicted octanol–water partition coefficient (Wildman–Crippen LogP) is 5.07. The SMILES string of the molecule is CC(C)(C)c1cc(S(=O)O)c(Cc2ccc([N+](=O)[O-])cc2)c(C(C)(C)C)c1O. The number of non-ortho nitro benzene ring substituents is 1. The number of nitro benzene ring substituents is 1. The molecule has 0 spiro atoms. The lowest BCUT2D eigenvalue weighted by Gasteiger charge is -2.31. The van der Waals surface area contributed by atoms with Crippen molar-refractivity contribution in [1.82, 2.24) is 0 Å². The Morgan fingerprint density at radius 1 is 1.04 bits per heavy atom. The Morgan fingerprint density at radius 2 is 1.57 bits per heavy atom. The van der Waals surface area contributed by atoms with E-state index in [9.17, 15) is 24.0 Å². The maximum absolute atomic E-state index is 12.2. The summed E-state index contributed by atoms with van der Waals surface area (Å²) < 4.78 is 22.1. The molecule has 0 bridgehead atoms. The first-order valence-corrected chi connectivity index (χ1v) is 10.1. The molecule has 28 heavy (non-hydrogen) atoms. The van der Waals surface area contributed by atoms with Gasteiger partial charge in [-0.15, -0.1) is 0 Å². The minimum Gasteiger partial charge on any atom is -0.507 e. The zero-order valence-corrected chi connectivity index (χ0v) is 17.9. The Bertz CT molecular complexity index is 922. The van der Waals surface area contributed by atoms with Crippen LogP contribution in [0.15, 0.2) is 35.2 Å². The van der Waals surface area contributed by atoms with Crippen LogP contribution in [0.1, 0.15) is 63.8 Å². The lowest BCUT2D eigenvalue weighted by atomic mass is 9.76. The Kier molecular flexibility index (Phi) is 6.01. The second-order valence-corrected chi connectivity index (χ2v) is 9.91. The van der Waals surface area contributed by atoms with Crippen LogP contribution in [0.4, 0.5) is 5.69 Å². The van der Waals surface area contributed by atoms with Crippen molar-refractivity contribution in [2.45, 2.75) is 63.7 Å². The first kappa shape index (κ1) is 22.0. The molecule has 7 heteroatoms. The molecular weight excluding hydrogens is 378 g/mol. The van der Waals surface area contributed by atoms with E-state index in [0.717, 1.165) is 5.56 Å². The van der Waals surface area contributed by atoms with Crippen molar-refractivity contribution in [1.29, 1.82) is 0 Å². The topological polar surface area (TPSA) is 101 Å². The Labute approximate surface area is 168 Å². The van der Waals surface area contributed by atoms with Gasteiger partial charge in [-0.3, -0.25) is 10.1 Å². The monoisotopic (exact) mass is 405 g/mol. The normalized spacial score (nSPS) is 13.4. The molecule has 2 aromatic rings. The van der Waals surface area contributed by atoms with Crippen molar-refractivity contribution in [3.05, 3.63) is 62.7 Å². The van der Waals surface area contributed by atoms with Crippen molar-refractivity contribution in [2.75, 3.05) is 0 Å². The van der Waals surface area contributed by atoms with Crippen LogP contribution in [0, 0.1) is 10.1 Å². The predicted molar refractivity (Wildman–Crippen MR) is 110 cm³/mol. The maximum Gasteiger partial charge on any atom is 0.269 e. The van der Waals surface area contributed by atoms with Gasteiger partial charge in [-0.25, -0.2) is 4.21 Å². The van der Waals surface area contributed by atoms with Gasteiger partial charge in [0.2, 0.25) is 0 Å². The molecule has 0 aliphatic rings. The molecule has 0 radical (unpaired) electrons. The van der Waals surface area contributed by atoms with E-state index in [1.807, 2.05) is 41.5 Å². The highest BCUT2D eigenvalue weighted by atomic mass is 32.2. The standard InChI is InChI=1S/C21H27NO5S/c1-20(2,3)16-12-17(28(26)27)15(18(19(16)23)21(4,5)6)11-13-7-9-14(10-8-13)22(24)25/h7-10,12,23H,11H2,1-6H3,(H,26,27). The minimum absolute atomic E-state index is 0.0170. The molecule has 0 heterocycles. The molecule has 0 aliphatic carbocycles. The van der Waals surface area contributed by atoms with Gasteiger partial charge in [-0.1, -0.05) is 53.7 Å². The number of aromatic hydroxyl groups is 1. The van der Waals surface area contributed by atoms with Crippen LogP contribution in [0.5, 0.6) is 5.75 Å². The molecule has 0 saturated carbocycles. The molecule has 0 fully saturated rings. The molecule has 1 unspecified atom stereocenters. The largest absolute Gasteiger partial charge is 0.507 e. The van der Waals surface area contributed by atoms with Gasteiger partial charge < -0.3 is 9.66 Å². The molecule has 0 saturated heterocycles. The van der Waals surface area contributed by atoms with E-state index in [1.165, 1.54) is 12.1 Å². The van der Waals surface area contributed by atoms with Crippen molar-refractivity contribution in [3.63, 3.8) is 0 Å². The van der Waals surface area contributed by atoms with Gasteiger partial charge in [-0.05, 0) is 34.4 Å². The van der Waals surface area contributed by atoms with Crippen LogP contribution in [-0.4, -0.2) is 18.8 Å². The van der Waals surface area contributed by atoms with Crippen LogP contribution < -0.4 is 0 Å². The van der Waals surface area contributed by atoms with Gasteiger partial charge in [-0.2, -0.15) is 0 Å². The number of benzene rings is 2. The molecule has 152 valence electrons. The molecule has 6 nitrogen and oxygen atoms in total. The molecule has 2 aromatic carbocycles. The first-order chi connectivity index (χ1) is 12.7. The van der Waals surface area contributed by atoms with Crippen molar-refractivity contribution in [2.24, 2.45) is 0 Å². The average molecular weight is 406 g/mol. The van der Waals surface area contributed by atoms with E-state index in [0.29, 0.717) is 16.7 Å². The van der Waals surface area contributed by atoms with E-state index in [1.54, 1.807) is 18.2 Å². The molecule has 2 N–H and O–H groups in total. The van der Waals surface area contributed by atoms with Gasteiger partial charge in [0.25, 0.3) is 5.69 Å². The highest BCUT2D eigenvalue weighted by molar-refractivity contribution is 7.79. The van der Waals surface area contributed by atoms with Gasteiger partial charge in [0.1, 0.15) is 5.75 Å². The van der Waals surface area contributed by atoms with Crippen LogP contribution in [0.3, 0.4) is 0 Å². The number of rotatable bonds is 4. The van der Waals surface area contributed by atoms with Gasteiger partial charge in [0, 0.05) is 23.3 Å². The smallest absolute Gasteiger partial charge is 0.269 e. The molecule has 0 amide bonds. The number of hydrogen-bond acceptors (Lipinski definition) is 4. The van der Waals surface area contributed by atoms with E-state index < -0.39 is 26.8 Å². The van der Waals surface area contributed by atoms with E-state index in [4.69, 9.17) is 0 Å². The Hall–Kier alpha value is -2.25. The summed E-state index contributed by atoms with van der Waals surface area (Å²) in [6.07, 6.45) is 0.282.